The summed E-state index contributed by atoms with van der Waals surface area (Å²) in [6, 6.07) is 2.64. The Kier molecular flexibility index (Phi) is 5.28. The fourth-order valence-electron chi connectivity index (χ4n) is 3.47. The van der Waals surface area contributed by atoms with Gasteiger partial charge in [0.2, 0.25) is 0 Å². The fraction of sp³-hybridized carbons (Fsp3) is 0.556. The molecule has 0 bridgehead atoms. The van der Waals surface area contributed by atoms with Gasteiger partial charge in [0, 0.05) is 42.8 Å². The van der Waals surface area contributed by atoms with Crippen LogP contribution in [0.5, 0.6) is 0 Å². The van der Waals surface area contributed by atoms with Gasteiger partial charge in [-0.1, -0.05) is 12.5 Å². The predicted octanol–water partition coefficient (Wildman–Crippen LogP) is 3.02. The third-order valence-electron chi connectivity index (χ3n) is 4.88. The molecule has 1 aliphatic rings. The maximum atomic E-state index is 4.49. The van der Waals surface area contributed by atoms with Crippen LogP contribution in [-0.2, 0) is 19.6 Å². The van der Waals surface area contributed by atoms with Gasteiger partial charge in [-0.05, 0) is 38.8 Å². The molecule has 0 N–H and O–H groups in total. The minimum atomic E-state index is 0.648. The SMILES string of the molecule is C=CCn1ncc(CN2CCCCC2CCn2cccn2)c1C. The molecule has 124 valence electrons. The Morgan fingerprint density at radius 3 is 3.04 bits per heavy atom. The largest absolute Gasteiger partial charge is 0.296 e. The third-order valence-corrected chi connectivity index (χ3v) is 4.88. The average Bonchev–Trinajstić information content (AvgIpc) is 3.19. The first-order chi connectivity index (χ1) is 11.3. The zero-order valence-electron chi connectivity index (χ0n) is 14.1. The molecule has 1 atom stereocenters. The molecular weight excluding hydrogens is 286 g/mol. The summed E-state index contributed by atoms with van der Waals surface area (Å²) < 4.78 is 4.07. The molecule has 23 heavy (non-hydrogen) atoms. The van der Waals surface area contributed by atoms with E-state index in [0.29, 0.717) is 6.04 Å². The lowest BCUT2D eigenvalue weighted by Crippen LogP contribution is -2.39. The zero-order chi connectivity index (χ0) is 16.1. The molecule has 0 spiro atoms. The van der Waals surface area contributed by atoms with Gasteiger partial charge in [0.05, 0.1) is 12.7 Å². The Bertz CT molecular complexity index is 613. The quantitative estimate of drug-likeness (QED) is 0.738. The van der Waals surface area contributed by atoms with Crippen LogP contribution in [0.3, 0.4) is 0 Å². The number of rotatable bonds is 7. The van der Waals surface area contributed by atoms with Gasteiger partial charge in [-0.3, -0.25) is 14.3 Å². The van der Waals surface area contributed by atoms with E-state index in [1.54, 1.807) is 0 Å². The van der Waals surface area contributed by atoms with Crippen molar-refractivity contribution in [3.8, 4) is 0 Å². The van der Waals surface area contributed by atoms with Crippen molar-refractivity contribution in [3.63, 3.8) is 0 Å². The van der Waals surface area contributed by atoms with E-state index in [-0.39, 0.29) is 0 Å². The van der Waals surface area contributed by atoms with Crippen LogP contribution in [0.25, 0.3) is 0 Å². The van der Waals surface area contributed by atoms with Gasteiger partial charge in [-0.15, -0.1) is 6.58 Å². The minimum Gasteiger partial charge on any atom is -0.296 e. The number of piperidine rings is 1. The number of nitrogens with zero attached hydrogens (tertiary/aromatic N) is 5. The molecular formula is C18H27N5. The Morgan fingerprint density at radius 1 is 1.35 bits per heavy atom. The van der Waals surface area contributed by atoms with E-state index in [0.717, 1.165) is 19.6 Å². The van der Waals surface area contributed by atoms with E-state index in [9.17, 15) is 0 Å². The molecule has 1 fully saturated rings. The van der Waals surface area contributed by atoms with Gasteiger partial charge in [-0.2, -0.15) is 10.2 Å². The topological polar surface area (TPSA) is 38.9 Å². The molecule has 2 aromatic heterocycles. The Labute approximate surface area is 138 Å². The lowest BCUT2D eigenvalue weighted by molar-refractivity contribution is 0.127. The molecule has 1 saturated heterocycles. The van der Waals surface area contributed by atoms with Crippen molar-refractivity contribution in [2.75, 3.05) is 6.54 Å². The number of aromatic nitrogens is 4. The molecule has 0 saturated carbocycles. The second-order valence-corrected chi connectivity index (χ2v) is 6.40. The fourth-order valence-corrected chi connectivity index (χ4v) is 3.47. The number of hydrogen-bond acceptors (Lipinski definition) is 3. The third kappa shape index (κ3) is 3.91. The van der Waals surface area contributed by atoms with Crippen molar-refractivity contribution in [1.82, 2.24) is 24.5 Å². The molecule has 0 aromatic carbocycles. The van der Waals surface area contributed by atoms with Crippen molar-refractivity contribution in [3.05, 3.63) is 48.6 Å². The summed E-state index contributed by atoms with van der Waals surface area (Å²) in [5.74, 6) is 0. The van der Waals surface area contributed by atoms with Crippen molar-refractivity contribution < 1.29 is 0 Å². The van der Waals surface area contributed by atoms with E-state index in [2.05, 4.69) is 34.8 Å². The van der Waals surface area contributed by atoms with Crippen molar-refractivity contribution in [1.29, 1.82) is 0 Å². The maximum Gasteiger partial charge on any atom is 0.0590 e. The summed E-state index contributed by atoms with van der Waals surface area (Å²) >= 11 is 0. The van der Waals surface area contributed by atoms with E-state index >= 15 is 0 Å². The molecule has 0 aliphatic carbocycles. The summed E-state index contributed by atoms with van der Waals surface area (Å²) in [7, 11) is 0. The van der Waals surface area contributed by atoms with Crippen molar-refractivity contribution in [2.45, 2.75) is 58.3 Å². The molecule has 0 amide bonds. The second-order valence-electron chi connectivity index (χ2n) is 6.40. The van der Waals surface area contributed by atoms with Crippen LogP contribution in [0.2, 0.25) is 0 Å². The van der Waals surface area contributed by atoms with Crippen LogP contribution < -0.4 is 0 Å². The molecule has 1 unspecified atom stereocenters. The summed E-state index contributed by atoms with van der Waals surface area (Å²) in [5.41, 5.74) is 2.61. The van der Waals surface area contributed by atoms with Crippen LogP contribution >= 0.6 is 0 Å². The average molecular weight is 313 g/mol. The van der Waals surface area contributed by atoms with Gasteiger partial charge in [0.25, 0.3) is 0 Å². The van der Waals surface area contributed by atoms with E-state index in [4.69, 9.17) is 0 Å². The first-order valence-electron chi connectivity index (χ1n) is 8.61. The van der Waals surface area contributed by atoms with Crippen LogP contribution in [0, 0.1) is 6.92 Å². The highest BCUT2D eigenvalue weighted by Gasteiger charge is 2.23. The molecule has 1 aliphatic heterocycles. The standard InChI is InChI=1S/C18H27N5/c1-3-10-23-16(2)17(14-20-23)15-21-11-5-4-7-18(21)8-13-22-12-6-9-19-22/h3,6,9,12,14,18H,1,4-5,7-8,10-11,13,15H2,2H3. The summed E-state index contributed by atoms with van der Waals surface area (Å²) in [6.07, 6.45) is 12.9. The van der Waals surface area contributed by atoms with Gasteiger partial charge in [0.15, 0.2) is 0 Å². The number of aryl methyl sites for hydroxylation is 1. The highest BCUT2D eigenvalue weighted by Crippen LogP contribution is 2.23. The van der Waals surface area contributed by atoms with Gasteiger partial charge in [-0.25, -0.2) is 0 Å². The summed E-state index contributed by atoms with van der Waals surface area (Å²) in [4.78, 5) is 2.63. The monoisotopic (exact) mass is 313 g/mol. The highest BCUT2D eigenvalue weighted by atomic mass is 15.3. The van der Waals surface area contributed by atoms with E-state index < -0.39 is 0 Å². The van der Waals surface area contributed by atoms with E-state index in [1.165, 1.54) is 43.5 Å². The minimum absolute atomic E-state index is 0.648. The number of likely N-dealkylation sites (tertiary alicyclic amines) is 1. The molecule has 5 heteroatoms. The zero-order valence-corrected chi connectivity index (χ0v) is 14.1. The normalized spacial score (nSPS) is 19.1. The van der Waals surface area contributed by atoms with Crippen LogP contribution in [0.4, 0.5) is 0 Å². The smallest absolute Gasteiger partial charge is 0.0590 e. The Morgan fingerprint density at radius 2 is 2.26 bits per heavy atom. The summed E-state index contributed by atoms with van der Waals surface area (Å²) in [5, 5.41) is 8.81. The molecule has 5 nitrogen and oxygen atoms in total. The lowest BCUT2D eigenvalue weighted by Gasteiger charge is -2.35. The first kappa shape index (κ1) is 16.0. The van der Waals surface area contributed by atoms with E-state index in [1.807, 2.05) is 33.9 Å². The summed E-state index contributed by atoms with van der Waals surface area (Å²) in [6.45, 7) is 9.95. The molecule has 3 rings (SSSR count). The van der Waals surface area contributed by atoms with Crippen LogP contribution in [-0.4, -0.2) is 37.0 Å². The van der Waals surface area contributed by atoms with Crippen LogP contribution in [0.15, 0.2) is 37.3 Å². The van der Waals surface area contributed by atoms with Crippen molar-refractivity contribution in [2.24, 2.45) is 0 Å². The number of hydrogen-bond donors (Lipinski definition) is 0. The maximum absolute atomic E-state index is 4.49. The Hall–Kier alpha value is -1.88. The molecule has 3 heterocycles. The first-order valence-corrected chi connectivity index (χ1v) is 8.61. The molecule has 2 aromatic rings. The van der Waals surface area contributed by atoms with Crippen LogP contribution in [0.1, 0.15) is 36.9 Å². The van der Waals surface area contributed by atoms with Gasteiger partial charge >= 0.3 is 0 Å². The van der Waals surface area contributed by atoms with Gasteiger partial charge in [0.1, 0.15) is 0 Å². The highest BCUT2D eigenvalue weighted by molar-refractivity contribution is 5.16. The lowest BCUT2D eigenvalue weighted by atomic mass is 9.98. The number of allylic oxidation sites excluding steroid dienone is 1. The molecule has 0 radical (unpaired) electrons. The van der Waals surface area contributed by atoms with Gasteiger partial charge < -0.3 is 0 Å². The second kappa shape index (κ2) is 7.59. The Balaban J connectivity index is 1.63. The van der Waals surface area contributed by atoms with Crippen molar-refractivity contribution >= 4 is 0 Å². The predicted molar refractivity (Wildman–Crippen MR) is 92.1 cm³/mol.